The minimum Gasteiger partial charge on any atom is -0.342 e. The van der Waals surface area contributed by atoms with Gasteiger partial charge in [-0.1, -0.05) is 49.0 Å². The van der Waals surface area contributed by atoms with Crippen molar-refractivity contribution in [1.82, 2.24) is 14.5 Å². The number of aromatic nitrogens is 2. The van der Waals surface area contributed by atoms with Crippen molar-refractivity contribution >= 4 is 29.4 Å². The Hall–Kier alpha value is -1.73. The molecule has 0 saturated carbocycles. The van der Waals surface area contributed by atoms with Gasteiger partial charge >= 0.3 is 0 Å². The average Bonchev–Trinajstić information content (AvgIpc) is 3.36. The van der Waals surface area contributed by atoms with Crippen molar-refractivity contribution in [1.29, 1.82) is 0 Å². The highest BCUT2D eigenvalue weighted by Crippen LogP contribution is 2.34. The second kappa shape index (κ2) is 8.74. The van der Waals surface area contributed by atoms with Gasteiger partial charge in [-0.25, -0.2) is 4.98 Å². The van der Waals surface area contributed by atoms with Crippen LogP contribution in [0.3, 0.4) is 0 Å². The molecule has 1 aromatic heterocycles. The van der Waals surface area contributed by atoms with E-state index in [-0.39, 0.29) is 11.5 Å². The first kappa shape index (κ1) is 19.6. The number of fused-ring (bicyclic) bond motifs is 1. The summed E-state index contributed by atoms with van der Waals surface area (Å²) in [7, 11) is 0. The predicted octanol–water partition coefficient (Wildman–Crippen LogP) is 3.24. The average molecular weight is 416 g/mol. The van der Waals surface area contributed by atoms with Crippen LogP contribution in [-0.4, -0.2) is 44.5 Å². The smallest absolute Gasteiger partial charge is 0.268 e. The van der Waals surface area contributed by atoms with Gasteiger partial charge in [-0.05, 0) is 24.8 Å². The van der Waals surface area contributed by atoms with Crippen LogP contribution in [0.15, 0.2) is 45.2 Å². The Labute approximate surface area is 173 Å². The summed E-state index contributed by atoms with van der Waals surface area (Å²) in [6.07, 6.45) is 3.77. The van der Waals surface area contributed by atoms with Gasteiger partial charge in [-0.2, -0.15) is 0 Å². The molecule has 28 heavy (non-hydrogen) atoms. The van der Waals surface area contributed by atoms with E-state index in [9.17, 15) is 9.59 Å². The number of carbonyl (C=O) groups excluding carboxylic acids is 1. The third kappa shape index (κ3) is 4.30. The Bertz CT molecular complexity index is 908. The van der Waals surface area contributed by atoms with Crippen LogP contribution in [0.5, 0.6) is 0 Å². The van der Waals surface area contributed by atoms with E-state index in [1.165, 1.54) is 17.3 Å². The first-order valence-electron chi connectivity index (χ1n) is 9.86. The maximum atomic E-state index is 13.1. The standard InChI is InChI=1S/C21H25N3O2S2/c1-15-13-17-19(28-15)20(26)24(12-9-16-7-3-2-4-8-16)21(22-17)27-14-18(25)23-10-5-6-11-23/h2-4,7-8,15H,5-6,9-14H2,1H3. The maximum absolute atomic E-state index is 13.1. The molecule has 2 aromatic rings. The van der Waals surface area contributed by atoms with Crippen molar-refractivity contribution in [3.63, 3.8) is 0 Å². The van der Waals surface area contributed by atoms with Crippen molar-refractivity contribution in [2.24, 2.45) is 0 Å². The Morgan fingerprint density at radius 3 is 2.75 bits per heavy atom. The lowest BCUT2D eigenvalue weighted by Gasteiger charge is -2.16. The number of amides is 1. The summed E-state index contributed by atoms with van der Waals surface area (Å²) in [5, 5.41) is 1.06. The number of nitrogens with zero attached hydrogens (tertiary/aromatic N) is 3. The van der Waals surface area contributed by atoms with Crippen LogP contribution in [-0.2, 0) is 24.2 Å². The SMILES string of the molecule is CC1Cc2nc(SCC(=O)N3CCCC3)n(CCc3ccccc3)c(=O)c2S1. The van der Waals surface area contributed by atoms with Crippen molar-refractivity contribution in [3.05, 3.63) is 51.9 Å². The fourth-order valence-electron chi connectivity index (χ4n) is 3.71. The second-order valence-electron chi connectivity index (χ2n) is 7.37. The molecule has 5 nitrogen and oxygen atoms in total. The third-order valence-electron chi connectivity index (χ3n) is 5.21. The van der Waals surface area contributed by atoms with Crippen LogP contribution in [0.1, 0.15) is 31.0 Å². The van der Waals surface area contributed by atoms with E-state index >= 15 is 0 Å². The van der Waals surface area contributed by atoms with Crippen LogP contribution in [0.25, 0.3) is 0 Å². The molecule has 1 fully saturated rings. The van der Waals surface area contributed by atoms with Crippen LogP contribution < -0.4 is 5.56 Å². The van der Waals surface area contributed by atoms with Gasteiger partial charge in [0.05, 0.1) is 16.3 Å². The lowest BCUT2D eigenvalue weighted by atomic mass is 10.1. The first-order valence-corrected chi connectivity index (χ1v) is 11.7. The number of benzene rings is 1. The van der Waals surface area contributed by atoms with Crippen LogP contribution >= 0.6 is 23.5 Å². The molecule has 0 bridgehead atoms. The van der Waals surface area contributed by atoms with E-state index in [2.05, 4.69) is 19.1 Å². The molecule has 0 spiro atoms. The van der Waals surface area contributed by atoms with Gasteiger partial charge in [0.15, 0.2) is 5.16 Å². The Balaban J connectivity index is 1.56. The number of likely N-dealkylation sites (tertiary alicyclic amines) is 1. The fraction of sp³-hybridized carbons (Fsp3) is 0.476. The zero-order valence-electron chi connectivity index (χ0n) is 16.1. The van der Waals surface area contributed by atoms with Crippen molar-refractivity contribution in [2.75, 3.05) is 18.8 Å². The van der Waals surface area contributed by atoms with Crippen LogP contribution in [0.2, 0.25) is 0 Å². The molecule has 0 N–H and O–H groups in total. The second-order valence-corrected chi connectivity index (χ2v) is 9.76. The number of aryl methyl sites for hydroxylation is 1. The minimum absolute atomic E-state index is 0.0476. The molecule has 7 heteroatoms. The Kier molecular flexibility index (Phi) is 6.11. The Morgan fingerprint density at radius 2 is 2.00 bits per heavy atom. The van der Waals surface area contributed by atoms with E-state index < -0.39 is 0 Å². The highest BCUT2D eigenvalue weighted by Gasteiger charge is 2.27. The van der Waals surface area contributed by atoms with Crippen LogP contribution in [0, 0.1) is 0 Å². The number of rotatable bonds is 6. The summed E-state index contributed by atoms with van der Waals surface area (Å²) in [5.74, 6) is 0.494. The zero-order chi connectivity index (χ0) is 19.5. The molecular weight excluding hydrogens is 390 g/mol. The lowest BCUT2D eigenvalue weighted by Crippen LogP contribution is -2.30. The van der Waals surface area contributed by atoms with Gasteiger partial charge in [0.1, 0.15) is 0 Å². The van der Waals surface area contributed by atoms with Crippen molar-refractivity contribution in [2.45, 2.75) is 54.5 Å². The molecule has 2 aliphatic rings. The number of carbonyl (C=O) groups is 1. The highest BCUT2D eigenvalue weighted by molar-refractivity contribution is 8.00. The number of hydrogen-bond acceptors (Lipinski definition) is 5. The van der Waals surface area contributed by atoms with E-state index in [1.54, 1.807) is 16.3 Å². The van der Waals surface area contributed by atoms with E-state index in [0.717, 1.165) is 49.4 Å². The van der Waals surface area contributed by atoms with Gasteiger partial charge < -0.3 is 4.90 Å². The topological polar surface area (TPSA) is 55.2 Å². The third-order valence-corrected chi connectivity index (χ3v) is 7.39. The molecule has 2 aliphatic heterocycles. The zero-order valence-corrected chi connectivity index (χ0v) is 17.7. The summed E-state index contributed by atoms with van der Waals surface area (Å²) < 4.78 is 1.78. The molecule has 1 atom stereocenters. The number of thioether (sulfide) groups is 2. The molecule has 1 aromatic carbocycles. The molecule has 3 heterocycles. The molecule has 148 valence electrons. The summed E-state index contributed by atoms with van der Waals surface area (Å²) in [6.45, 7) is 4.42. The molecule has 4 rings (SSSR count). The normalized spacial score (nSPS) is 18.5. The van der Waals surface area contributed by atoms with Gasteiger partial charge in [0.25, 0.3) is 5.56 Å². The molecular formula is C21H25N3O2S2. The van der Waals surface area contributed by atoms with Gasteiger partial charge in [0.2, 0.25) is 5.91 Å². The maximum Gasteiger partial charge on any atom is 0.268 e. The molecule has 0 aliphatic carbocycles. The summed E-state index contributed by atoms with van der Waals surface area (Å²) in [4.78, 5) is 33.1. The molecule has 1 saturated heterocycles. The lowest BCUT2D eigenvalue weighted by molar-refractivity contribution is -0.127. The largest absolute Gasteiger partial charge is 0.342 e. The summed E-state index contributed by atoms with van der Waals surface area (Å²) in [6, 6.07) is 10.2. The Morgan fingerprint density at radius 1 is 1.25 bits per heavy atom. The van der Waals surface area contributed by atoms with Gasteiger partial charge in [-0.3, -0.25) is 14.2 Å². The minimum atomic E-state index is 0.0476. The van der Waals surface area contributed by atoms with Crippen molar-refractivity contribution in [3.8, 4) is 0 Å². The monoisotopic (exact) mass is 415 g/mol. The van der Waals surface area contributed by atoms with E-state index in [0.29, 0.717) is 22.7 Å². The van der Waals surface area contributed by atoms with Crippen molar-refractivity contribution < 1.29 is 4.79 Å². The van der Waals surface area contributed by atoms with Gasteiger partial charge in [-0.15, -0.1) is 11.8 Å². The fourth-order valence-corrected chi connectivity index (χ4v) is 5.77. The highest BCUT2D eigenvalue weighted by atomic mass is 32.2. The predicted molar refractivity (Wildman–Crippen MR) is 114 cm³/mol. The molecule has 1 amide bonds. The van der Waals surface area contributed by atoms with Crippen LogP contribution in [0.4, 0.5) is 0 Å². The van der Waals surface area contributed by atoms with E-state index in [4.69, 9.17) is 4.98 Å². The van der Waals surface area contributed by atoms with Gasteiger partial charge in [0, 0.05) is 31.3 Å². The molecule has 1 unspecified atom stereocenters. The van der Waals surface area contributed by atoms with E-state index in [1.807, 2.05) is 23.1 Å². The summed E-state index contributed by atoms with van der Waals surface area (Å²) in [5.41, 5.74) is 2.14. The number of hydrogen-bond donors (Lipinski definition) is 0. The summed E-state index contributed by atoms with van der Waals surface area (Å²) >= 11 is 3.04. The quantitative estimate of drug-likeness (QED) is 0.536. The molecule has 0 radical (unpaired) electrons. The first-order chi connectivity index (χ1) is 13.6.